The van der Waals surface area contributed by atoms with Crippen LogP contribution in [0.5, 0.6) is 0 Å². The van der Waals surface area contributed by atoms with Crippen molar-refractivity contribution in [2.75, 3.05) is 5.73 Å². The van der Waals surface area contributed by atoms with Crippen molar-refractivity contribution >= 4 is 11.5 Å². The average Bonchev–Trinajstić information content (AvgIpc) is 2.72. The lowest BCUT2D eigenvalue weighted by molar-refractivity contribution is 1.02. The molecule has 2 aromatic heterocycles. The van der Waals surface area contributed by atoms with Crippen LogP contribution in [0.15, 0.2) is 24.3 Å². The van der Waals surface area contributed by atoms with Gasteiger partial charge >= 0.3 is 0 Å². The zero-order valence-corrected chi connectivity index (χ0v) is 11.2. The van der Waals surface area contributed by atoms with Gasteiger partial charge in [0.25, 0.3) is 5.78 Å². The maximum Gasteiger partial charge on any atom is 0.255 e. The van der Waals surface area contributed by atoms with Crippen LogP contribution in [0, 0.1) is 20.8 Å². The third-order valence-corrected chi connectivity index (χ3v) is 3.18. The topological polar surface area (TPSA) is 69.1 Å². The first-order valence-electron chi connectivity index (χ1n) is 6.12. The summed E-state index contributed by atoms with van der Waals surface area (Å²) in [4.78, 5) is 4.39. The molecule has 5 heteroatoms. The van der Waals surface area contributed by atoms with E-state index in [2.05, 4.69) is 15.2 Å². The highest BCUT2D eigenvalue weighted by atomic mass is 15.3. The largest absolute Gasteiger partial charge is 0.399 e. The first kappa shape index (κ1) is 11.6. The number of rotatable bonds is 1. The second-order valence-electron chi connectivity index (χ2n) is 4.77. The summed E-state index contributed by atoms with van der Waals surface area (Å²) in [5.74, 6) is 1.43. The molecule has 0 bridgehead atoms. The molecule has 0 aliphatic heterocycles. The Labute approximate surface area is 111 Å². The summed E-state index contributed by atoms with van der Waals surface area (Å²) in [6.07, 6.45) is 0. The highest BCUT2D eigenvalue weighted by Gasteiger charge is 2.13. The van der Waals surface area contributed by atoms with Gasteiger partial charge in [0, 0.05) is 22.6 Å². The van der Waals surface area contributed by atoms with Gasteiger partial charge in [0.15, 0.2) is 5.82 Å². The van der Waals surface area contributed by atoms with Crippen molar-refractivity contribution in [2.45, 2.75) is 20.8 Å². The Bertz CT molecular complexity index is 773. The predicted molar refractivity (Wildman–Crippen MR) is 74.8 cm³/mol. The Kier molecular flexibility index (Phi) is 2.48. The van der Waals surface area contributed by atoms with E-state index < -0.39 is 0 Å². The van der Waals surface area contributed by atoms with E-state index in [4.69, 9.17) is 5.73 Å². The van der Waals surface area contributed by atoms with Crippen LogP contribution in [-0.2, 0) is 0 Å². The van der Waals surface area contributed by atoms with Gasteiger partial charge in [0.1, 0.15) is 0 Å². The van der Waals surface area contributed by atoms with Crippen LogP contribution < -0.4 is 5.73 Å². The van der Waals surface area contributed by atoms with Crippen LogP contribution in [0.2, 0.25) is 0 Å². The molecule has 0 fully saturated rings. The highest BCUT2D eigenvalue weighted by Crippen LogP contribution is 2.24. The Hall–Kier alpha value is -2.43. The SMILES string of the molecule is Cc1cc(C)n2c(-c3ccc(N)cc3C)nnc2n1. The van der Waals surface area contributed by atoms with Crippen LogP contribution >= 0.6 is 0 Å². The predicted octanol–water partition coefficient (Wildman–Crippen LogP) is 2.30. The summed E-state index contributed by atoms with van der Waals surface area (Å²) < 4.78 is 1.96. The van der Waals surface area contributed by atoms with Crippen molar-refractivity contribution in [1.82, 2.24) is 19.6 Å². The molecule has 5 nitrogen and oxygen atoms in total. The molecule has 0 spiro atoms. The summed E-state index contributed by atoms with van der Waals surface area (Å²) in [6.45, 7) is 6.00. The van der Waals surface area contributed by atoms with E-state index >= 15 is 0 Å². The highest BCUT2D eigenvalue weighted by molar-refractivity contribution is 5.65. The quantitative estimate of drug-likeness (QED) is 0.676. The molecule has 3 aromatic rings. The summed E-state index contributed by atoms with van der Waals surface area (Å²) >= 11 is 0. The van der Waals surface area contributed by atoms with Gasteiger partial charge in [-0.15, -0.1) is 10.2 Å². The molecule has 2 heterocycles. The number of nitrogen functional groups attached to an aromatic ring is 1. The first-order valence-corrected chi connectivity index (χ1v) is 6.12. The number of anilines is 1. The lowest BCUT2D eigenvalue weighted by Gasteiger charge is -2.07. The second kappa shape index (κ2) is 4.05. The zero-order chi connectivity index (χ0) is 13.6. The molecular formula is C14H15N5. The maximum absolute atomic E-state index is 5.79. The summed E-state index contributed by atoms with van der Waals surface area (Å²) in [5.41, 5.74) is 10.7. The number of nitrogens with two attached hydrogens (primary N) is 1. The lowest BCUT2D eigenvalue weighted by Crippen LogP contribution is -1.99. The van der Waals surface area contributed by atoms with Crippen molar-refractivity contribution < 1.29 is 0 Å². The Morgan fingerprint density at radius 3 is 2.58 bits per heavy atom. The summed E-state index contributed by atoms with van der Waals surface area (Å²) in [5, 5.41) is 8.42. The lowest BCUT2D eigenvalue weighted by atomic mass is 10.1. The molecule has 3 rings (SSSR count). The molecule has 0 aliphatic rings. The van der Waals surface area contributed by atoms with Crippen molar-refractivity contribution in [3.05, 3.63) is 41.2 Å². The van der Waals surface area contributed by atoms with Crippen LogP contribution in [0.1, 0.15) is 17.0 Å². The molecule has 0 saturated heterocycles. The van der Waals surface area contributed by atoms with E-state index in [9.17, 15) is 0 Å². The molecule has 0 aliphatic carbocycles. The number of aryl methyl sites for hydroxylation is 3. The van der Waals surface area contributed by atoms with Gasteiger partial charge in [-0.3, -0.25) is 4.40 Å². The van der Waals surface area contributed by atoms with E-state index in [1.54, 1.807) is 0 Å². The summed E-state index contributed by atoms with van der Waals surface area (Å²) in [7, 11) is 0. The van der Waals surface area contributed by atoms with Crippen molar-refractivity contribution in [3.63, 3.8) is 0 Å². The third-order valence-electron chi connectivity index (χ3n) is 3.18. The van der Waals surface area contributed by atoms with Crippen molar-refractivity contribution in [1.29, 1.82) is 0 Å². The molecule has 0 atom stereocenters. The fraction of sp³-hybridized carbons (Fsp3) is 0.214. The fourth-order valence-electron chi connectivity index (χ4n) is 2.34. The molecule has 0 saturated carbocycles. The van der Waals surface area contributed by atoms with Crippen LogP contribution in [0.3, 0.4) is 0 Å². The minimum absolute atomic E-state index is 0.628. The fourth-order valence-corrected chi connectivity index (χ4v) is 2.34. The normalized spacial score (nSPS) is 11.1. The van der Waals surface area contributed by atoms with E-state index in [1.807, 2.05) is 49.4 Å². The van der Waals surface area contributed by atoms with Gasteiger partial charge in [-0.25, -0.2) is 4.98 Å². The number of aromatic nitrogens is 4. The second-order valence-corrected chi connectivity index (χ2v) is 4.77. The number of hydrogen-bond donors (Lipinski definition) is 1. The Morgan fingerprint density at radius 2 is 1.84 bits per heavy atom. The average molecular weight is 253 g/mol. The molecule has 96 valence electrons. The van der Waals surface area contributed by atoms with Gasteiger partial charge in [-0.05, 0) is 50.6 Å². The first-order chi connectivity index (χ1) is 9.06. The Balaban J connectivity index is 2.31. The van der Waals surface area contributed by atoms with Crippen LogP contribution in [0.25, 0.3) is 17.2 Å². The van der Waals surface area contributed by atoms with E-state index in [-0.39, 0.29) is 0 Å². The van der Waals surface area contributed by atoms with Gasteiger partial charge in [0.05, 0.1) is 0 Å². The minimum Gasteiger partial charge on any atom is -0.399 e. The van der Waals surface area contributed by atoms with E-state index in [0.717, 1.165) is 34.0 Å². The van der Waals surface area contributed by atoms with Crippen LogP contribution in [-0.4, -0.2) is 19.6 Å². The van der Waals surface area contributed by atoms with E-state index in [0.29, 0.717) is 5.78 Å². The smallest absolute Gasteiger partial charge is 0.255 e. The third kappa shape index (κ3) is 1.83. The molecule has 1 aromatic carbocycles. The molecule has 19 heavy (non-hydrogen) atoms. The number of fused-ring (bicyclic) bond motifs is 1. The summed E-state index contributed by atoms with van der Waals surface area (Å²) in [6, 6.07) is 7.81. The van der Waals surface area contributed by atoms with Gasteiger partial charge in [-0.2, -0.15) is 0 Å². The standard InChI is InChI=1S/C14H15N5/c1-8-6-11(15)4-5-12(8)13-17-18-14-16-9(2)7-10(3)19(13)14/h4-7H,15H2,1-3H3. The van der Waals surface area contributed by atoms with Gasteiger partial charge in [-0.1, -0.05) is 0 Å². The van der Waals surface area contributed by atoms with Gasteiger partial charge < -0.3 is 5.73 Å². The maximum atomic E-state index is 5.79. The van der Waals surface area contributed by atoms with Crippen LogP contribution in [0.4, 0.5) is 5.69 Å². The molecular weight excluding hydrogens is 238 g/mol. The zero-order valence-electron chi connectivity index (χ0n) is 11.2. The minimum atomic E-state index is 0.628. The number of hydrogen-bond acceptors (Lipinski definition) is 4. The number of benzene rings is 1. The molecule has 2 N–H and O–H groups in total. The molecule has 0 radical (unpaired) electrons. The Morgan fingerprint density at radius 1 is 1.05 bits per heavy atom. The van der Waals surface area contributed by atoms with Crippen molar-refractivity contribution in [3.8, 4) is 11.4 Å². The van der Waals surface area contributed by atoms with Crippen molar-refractivity contribution in [2.24, 2.45) is 0 Å². The number of nitrogens with zero attached hydrogens (tertiary/aromatic N) is 4. The monoisotopic (exact) mass is 253 g/mol. The molecule has 0 unspecified atom stereocenters. The molecule has 0 amide bonds. The van der Waals surface area contributed by atoms with E-state index in [1.165, 1.54) is 0 Å². The van der Waals surface area contributed by atoms with Gasteiger partial charge in [0.2, 0.25) is 0 Å².